The molecule has 0 atom stereocenters. The highest BCUT2D eigenvalue weighted by molar-refractivity contribution is 9.10. The Balaban J connectivity index is 1.71. The Kier molecular flexibility index (Phi) is 4.97. The lowest BCUT2D eigenvalue weighted by Crippen LogP contribution is -2.13. The molecule has 0 aliphatic rings. The van der Waals surface area contributed by atoms with Gasteiger partial charge in [-0.25, -0.2) is 4.39 Å². The number of hydrogen-bond acceptors (Lipinski definition) is 2. The number of carbonyl (C=O) groups excluding carboxylic acids is 1. The van der Waals surface area contributed by atoms with Crippen LogP contribution in [0.3, 0.4) is 0 Å². The maximum Gasteiger partial charge on any atom is 0.256 e. The van der Waals surface area contributed by atoms with Gasteiger partial charge in [0, 0.05) is 32.9 Å². The van der Waals surface area contributed by atoms with E-state index >= 15 is 0 Å². The van der Waals surface area contributed by atoms with E-state index in [0.29, 0.717) is 22.0 Å². The molecule has 0 bridgehead atoms. The molecule has 3 aromatic rings. The maximum absolute atomic E-state index is 13.8. The van der Waals surface area contributed by atoms with E-state index in [1.807, 2.05) is 0 Å². The molecule has 1 N–H and O–H groups in total. The van der Waals surface area contributed by atoms with Crippen LogP contribution in [-0.4, -0.2) is 15.7 Å². The molecule has 3 rings (SSSR count). The summed E-state index contributed by atoms with van der Waals surface area (Å²) in [6.07, 6.45) is 1.65. The molecule has 7 heteroatoms. The summed E-state index contributed by atoms with van der Waals surface area (Å²) in [4.78, 5) is 12.1. The van der Waals surface area contributed by atoms with Gasteiger partial charge in [-0.15, -0.1) is 0 Å². The van der Waals surface area contributed by atoms with Crippen molar-refractivity contribution in [3.63, 3.8) is 0 Å². The smallest absolute Gasteiger partial charge is 0.256 e. The average molecular weight is 409 g/mol. The third-order valence-corrected chi connectivity index (χ3v) is 4.25. The number of amides is 1. The molecule has 0 fully saturated rings. The van der Waals surface area contributed by atoms with Crippen molar-refractivity contribution in [2.24, 2.45) is 0 Å². The van der Waals surface area contributed by atoms with Crippen LogP contribution in [0.15, 0.2) is 59.2 Å². The largest absolute Gasteiger partial charge is 0.305 e. The molecule has 0 saturated heterocycles. The number of benzene rings is 2. The van der Waals surface area contributed by atoms with Gasteiger partial charge < -0.3 is 5.32 Å². The number of anilines is 1. The third-order valence-electron chi connectivity index (χ3n) is 3.37. The molecular weight excluding hydrogens is 397 g/mol. The van der Waals surface area contributed by atoms with Crippen LogP contribution in [0.25, 0.3) is 0 Å². The Hall–Kier alpha value is -2.18. The van der Waals surface area contributed by atoms with Gasteiger partial charge in [-0.1, -0.05) is 33.6 Å². The van der Waals surface area contributed by atoms with Crippen LogP contribution in [0.5, 0.6) is 0 Å². The van der Waals surface area contributed by atoms with E-state index in [4.69, 9.17) is 11.6 Å². The minimum atomic E-state index is -0.390. The summed E-state index contributed by atoms with van der Waals surface area (Å²) in [6.45, 7) is 0.180. The van der Waals surface area contributed by atoms with Crippen molar-refractivity contribution < 1.29 is 9.18 Å². The quantitative estimate of drug-likeness (QED) is 0.678. The van der Waals surface area contributed by atoms with Gasteiger partial charge in [0.05, 0.1) is 6.54 Å². The SMILES string of the molecule is O=C(Nc1ccn(Cc2c(F)cccc2Cl)n1)c1ccc(Br)cc1. The van der Waals surface area contributed by atoms with Gasteiger partial charge in [-0.3, -0.25) is 9.48 Å². The van der Waals surface area contributed by atoms with Crippen LogP contribution in [0.1, 0.15) is 15.9 Å². The molecular formula is C17H12BrClFN3O. The standard InChI is InChI=1S/C17H12BrClFN3O/c18-12-6-4-11(5-7-12)17(24)21-16-8-9-23(22-16)10-13-14(19)2-1-3-15(13)20/h1-9H,10H2,(H,21,22,24). The molecule has 0 spiro atoms. The van der Waals surface area contributed by atoms with E-state index in [-0.39, 0.29) is 12.5 Å². The van der Waals surface area contributed by atoms with Crippen LogP contribution in [0.2, 0.25) is 5.02 Å². The number of rotatable bonds is 4. The second-order valence-corrected chi connectivity index (χ2v) is 6.38. The Morgan fingerprint density at radius 1 is 1.21 bits per heavy atom. The molecule has 0 aliphatic heterocycles. The zero-order valence-electron chi connectivity index (χ0n) is 12.3. The Morgan fingerprint density at radius 2 is 1.96 bits per heavy atom. The van der Waals surface area contributed by atoms with Crippen molar-refractivity contribution in [1.82, 2.24) is 9.78 Å². The van der Waals surface area contributed by atoms with Crippen LogP contribution in [0, 0.1) is 5.82 Å². The zero-order valence-corrected chi connectivity index (χ0v) is 14.7. The summed E-state index contributed by atoms with van der Waals surface area (Å²) >= 11 is 9.33. The highest BCUT2D eigenvalue weighted by Crippen LogP contribution is 2.20. The Morgan fingerprint density at radius 3 is 2.67 bits per heavy atom. The van der Waals surface area contributed by atoms with E-state index < -0.39 is 5.82 Å². The fourth-order valence-corrected chi connectivity index (χ4v) is 2.64. The number of nitrogens with zero attached hydrogens (tertiary/aromatic N) is 2. The molecule has 1 amide bonds. The summed E-state index contributed by atoms with van der Waals surface area (Å²) in [5.74, 6) is -0.273. The van der Waals surface area contributed by atoms with E-state index in [0.717, 1.165) is 4.47 Å². The van der Waals surface area contributed by atoms with E-state index in [1.54, 1.807) is 48.7 Å². The van der Waals surface area contributed by atoms with E-state index in [1.165, 1.54) is 10.7 Å². The van der Waals surface area contributed by atoms with Crippen molar-refractivity contribution in [2.45, 2.75) is 6.54 Å². The fourth-order valence-electron chi connectivity index (χ4n) is 2.15. The van der Waals surface area contributed by atoms with Gasteiger partial charge in [0.15, 0.2) is 5.82 Å². The number of carbonyl (C=O) groups is 1. The number of hydrogen-bond donors (Lipinski definition) is 1. The Bertz CT molecular complexity index is 860. The minimum Gasteiger partial charge on any atom is -0.305 e. The van der Waals surface area contributed by atoms with Crippen LogP contribution >= 0.6 is 27.5 Å². The topological polar surface area (TPSA) is 46.9 Å². The summed E-state index contributed by atoms with van der Waals surface area (Å²) in [5, 5.41) is 7.26. The lowest BCUT2D eigenvalue weighted by atomic mass is 10.2. The normalized spacial score (nSPS) is 10.6. The van der Waals surface area contributed by atoms with Crippen molar-refractivity contribution in [3.05, 3.63) is 81.2 Å². The monoisotopic (exact) mass is 407 g/mol. The average Bonchev–Trinajstić information content (AvgIpc) is 2.99. The Labute approximate surface area is 151 Å². The minimum absolute atomic E-state index is 0.180. The first-order valence-corrected chi connectivity index (χ1v) is 8.23. The molecule has 24 heavy (non-hydrogen) atoms. The third kappa shape index (κ3) is 3.83. The molecule has 1 aromatic heterocycles. The molecule has 0 radical (unpaired) electrons. The molecule has 1 heterocycles. The molecule has 0 unspecified atom stereocenters. The maximum atomic E-state index is 13.8. The van der Waals surface area contributed by atoms with E-state index in [2.05, 4.69) is 26.3 Å². The first-order chi connectivity index (χ1) is 11.5. The van der Waals surface area contributed by atoms with Gasteiger partial charge >= 0.3 is 0 Å². The summed E-state index contributed by atoms with van der Waals surface area (Å²) in [7, 11) is 0. The molecule has 0 saturated carbocycles. The van der Waals surface area contributed by atoms with Crippen molar-refractivity contribution in [2.75, 3.05) is 5.32 Å². The fraction of sp³-hybridized carbons (Fsp3) is 0.0588. The van der Waals surface area contributed by atoms with Gasteiger partial charge in [0.1, 0.15) is 5.82 Å². The van der Waals surface area contributed by atoms with Crippen molar-refractivity contribution in [1.29, 1.82) is 0 Å². The van der Waals surface area contributed by atoms with E-state index in [9.17, 15) is 9.18 Å². The van der Waals surface area contributed by atoms with Gasteiger partial charge in [0.25, 0.3) is 5.91 Å². The highest BCUT2D eigenvalue weighted by atomic mass is 79.9. The van der Waals surface area contributed by atoms with Gasteiger partial charge in [-0.2, -0.15) is 5.10 Å². The predicted molar refractivity (Wildman–Crippen MR) is 94.8 cm³/mol. The first-order valence-electron chi connectivity index (χ1n) is 7.06. The van der Waals surface area contributed by atoms with Crippen LogP contribution < -0.4 is 5.32 Å². The van der Waals surface area contributed by atoms with Gasteiger partial charge in [0.2, 0.25) is 0 Å². The van der Waals surface area contributed by atoms with Crippen LogP contribution in [-0.2, 0) is 6.54 Å². The van der Waals surface area contributed by atoms with Crippen molar-refractivity contribution >= 4 is 39.3 Å². The molecule has 4 nitrogen and oxygen atoms in total. The number of aromatic nitrogens is 2. The second-order valence-electron chi connectivity index (χ2n) is 5.06. The summed E-state index contributed by atoms with van der Waals surface area (Å²) in [6, 6.07) is 13.1. The lowest BCUT2D eigenvalue weighted by Gasteiger charge is -2.06. The first kappa shape index (κ1) is 16.7. The lowest BCUT2D eigenvalue weighted by molar-refractivity contribution is 0.102. The van der Waals surface area contributed by atoms with Gasteiger partial charge in [-0.05, 0) is 36.4 Å². The molecule has 2 aromatic carbocycles. The molecule has 0 aliphatic carbocycles. The van der Waals surface area contributed by atoms with Crippen LogP contribution in [0.4, 0.5) is 10.2 Å². The summed E-state index contributed by atoms with van der Waals surface area (Å²) < 4.78 is 16.2. The number of nitrogens with one attached hydrogen (secondary N) is 1. The highest BCUT2D eigenvalue weighted by Gasteiger charge is 2.11. The number of halogens is 3. The zero-order chi connectivity index (χ0) is 17.1. The second kappa shape index (κ2) is 7.15. The summed E-state index contributed by atoms with van der Waals surface area (Å²) in [5.41, 5.74) is 0.873. The predicted octanol–water partition coefficient (Wildman–Crippen LogP) is 4.74. The molecule has 122 valence electrons. The van der Waals surface area contributed by atoms with Crippen molar-refractivity contribution in [3.8, 4) is 0 Å².